The molecule has 0 aliphatic carbocycles. The summed E-state index contributed by atoms with van der Waals surface area (Å²) < 4.78 is 6.06. The molecule has 0 saturated heterocycles. The number of ether oxygens (including phenoxy) is 1. The highest BCUT2D eigenvalue weighted by Crippen LogP contribution is 2.15. The average molecular weight is 302 g/mol. The van der Waals surface area contributed by atoms with Gasteiger partial charge in [-0.2, -0.15) is 0 Å². The van der Waals surface area contributed by atoms with E-state index in [9.17, 15) is 9.59 Å². The zero-order valence-corrected chi connectivity index (χ0v) is 11.6. The molecule has 0 bridgehead atoms. The predicted octanol–water partition coefficient (Wildman–Crippen LogP) is 1.76. The molecular weight excluding hydrogens is 288 g/mol. The summed E-state index contributed by atoms with van der Waals surface area (Å²) in [6.07, 6.45) is 0.594. The molecular formula is C14H14N4O4. The Labute approximate surface area is 126 Å². The monoisotopic (exact) mass is 302 g/mol. The Bertz CT molecular complexity index is 681. The van der Waals surface area contributed by atoms with E-state index in [0.717, 1.165) is 5.56 Å². The van der Waals surface area contributed by atoms with E-state index in [-0.39, 0.29) is 24.7 Å². The first-order valence-electron chi connectivity index (χ1n) is 6.37. The summed E-state index contributed by atoms with van der Waals surface area (Å²) >= 11 is 0. The molecule has 2 aromatic rings. The quantitative estimate of drug-likeness (QED) is 0.787. The number of aromatic nitrogens is 3. The molecule has 1 aromatic heterocycles. The molecule has 22 heavy (non-hydrogen) atoms. The molecule has 1 heterocycles. The van der Waals surface area contributed by atoms with Gasteiger partial charge in [0, 0.05) is 0 Å². The number of nitrogens with one attached hydrogen (secondary N) is 1. The van der Waals surface area contributed by atoms with Crippen LogP contribution in [0.3, 0.4) is 0 Å². The molecule has 1 amide bonds. The van der Waals surface area contributed by atoms with Crippen LogP contribution in [-0.4, -0.2) is 38.8 Å². The third kappa shape index (κ3) is 3.69. The summed E-state index contributed by atoms with van der Waals surface area (Å²) in [5.41, 5.74) is 0.526. The maximum Gasteiger partial charge on any atom is 0.413 e. The minimum atomic E-state index is -1.29. The van der Waals surface area contributed by atoms with Gasteiger partial charge in [-0.3, -0.25) is 5.32 Å². The summed E-state index contributed by atoms with van der Waals surface area (Å²) in [5.74, 6) is -1.33. The number of carbonyl (C=O) groups is 2. The SMILES string of the molecule is C=CCOC(=O)Nc1c(C(=O)O)nnn1Cc1ccccc1. The maximum absolute atomic E-state index is 11.6. The van der Waals surface area contributed by atoms with Crippen LogP contribution < -0.4 is 5.32 Å². The fourth-order valence-electron chi connectivity index (χ4n) is 1.72. The second-order valence-electron chi connectivity index (χ2n) is 4.25. The fraction of sp³-hybridized carbons (Fsp3) is 0.143. The lowest BCUT2D eigenvalue weighted by Crippen LogP contribution is -2.19. The predicted molar refractivity (Wildman–Crippen MR) is 77.7 cm³/mol. The number of aromatic carboxylic acids is 1. The number of hydrogen-bond acceptors (Lipinski definition) is 5. The lowest BCUT2D eigenvalue weighted by atomic mass is 10.2. The number of carboxylic acid groups (broad SMARTS) is 1. The standard InChI is InChI=1S/C14H14N4O4/c1-2-8-22-14(21)15-12-11(13(19)20)16-17-18(12)9-10-6-4-3-5-7-10/h2-7H,1,8-9H2,(H,15,21)(H,19,20). The van der Waals surface area contributed by atoms with Crippen LogP contribution in [-0.2, 0) is 11.3 Å². The van der Waals surface area contributed by atoms with Crippen molar-refractivity contribution < 1.29 is 19.4 Å². The molecule has 0 fully saturated rings. The number of anilines is 1. The van der Waals surface area contributed by atoms with Crippen molar-refractivity contribution in [3.8, 4) is 0 Å². The first-order valence-corrected chi connectivity index (χ1v) is 6.37. The third-order valence-corrected chi connectivity index (χ3v) is 2.67. The van der Waals surface area contributed by atoms with Crippen molar-refractivity contribution in [1.29, 1.82) is 0 Å². The number of benzene rings is 1. The van der Waals surface area contributed by atoms with E-state index in [1.54, 1.807) is 0 Å². The zero-order chi connectivity index (χ0) is 15.9. The molecule has 114 valence electrons. The highest BCUT2D eigenvalue weighted by molar-refractivity contribution is 5.95. The van der Waals surface area contributed by atoms with Gasteiger partial charge in [-0.05, 0) is 5.56 Å². The third-order valence-electron chi connectivity index (χ3n) is 2.67. The van der Waals surface area contributed by atoms with Crippen LogP contribution in [0.4, 0.5) is 10.6 Å². The molecule has 0 aliphatic rings. The Morgan fingerprint density at radius 3 is 2.73 bits per heavy atom. The summed E-state index contributed by atoms with van der Waals surface area (Å²) in [5, 5.41) is 18.8. The number of amides is 1. The molecule has 8 nitrogen and oxygen atoms in total. The summed E-state index contributed by atoms with van der Waals surface area (Å²) in [6, 6.07) is 9.24. The first kappa shape index (κ1) is 15.2. The van der Waals surface area contributed by atoms with E-state index < -0.39 is 12.1 Å². The maximum atomic E-state index is 11.6. The van der Waals surface area contributed by atoms with Crippen molar-refractivity contribution in [3.63, 3.8) is 0 Å². The Kier molecular flexibility index (Phi) is 4.86. The lowest BCUT2D eigenvalue weighted by Gasteiger charge is -2.08. The fourth-order valence-corrected chi connectivity index (χ4v) is 1.72. The second kappa shape index (κ2) is 7.02. The van der Waals surface area contributed by atoms with E-state index in [1.807, 2.05) is 30.3 Å². The van der Waals surface area contributed by atoms with Crippen LogP contribution in [0.5, 0.6) is 0 Å². The molecule has 0 atom stereocenters. The smallest absolute Gasteiger partial charge is 0.413 e. The summed E-state index contributed by atoms with van der Waals surface area (Å²) in [6.45, 7) is 3.69. The van der Waals surface area contributed by atoms with Crippen molar-refractivity contribution >= 4 is 17.9 Å². The Hall–Kier alpha value is -3.16. The zero-order valence-electron chi connectivity index (χ0n) is 11.6. The van der Waals surface area contributed by atoms with Crippen LogP contribution in [0.15, 0.2) is 43.0 Å². The van der Waals surface area contributed by atoms with Crippen molar-refractivity contribution in [1.82, 2.24) is 15.0 Å². The largest absolute Gasteiger partial charge is 0.476 e. The minimum absolute atomic E-state index is 0.00842. The van der Waals surface area contributed by atoms with Crippen LogP contribution in [0.25, 0.3) is 0 Å². The molecule has 2 rings (SSSR count). The van der Waals surface area contributed by atoms with Gasteiger partial charge in [-0.15, -0.1) is 5.10 Å². The number of hydrogen-bond donors (Lipinski definition) is 2. The van der Waals surface area contributed by atoms with Gasteiger partial charge in [0.05, 0.1) is 6.54 Å². The Morgan fingerprint density at radius 1 is 1.36 bits per heavy atom. The average Bonchev–Trinajstić information content (AvgIpc) is 2.89. The van der Waals surface area contributed by atoms with E-state index in [2.05, 4.69) is 22.2 Å². The van der Waals surface area contributed by atoms with Crippen molar-refractivity contribution in [2.75, 3.05) is 11.9 Å². The highest BCUT2D eigenvalue weighted by atomic mass is 16.5. The van der Waals surface area contributed by atoms with Gasteiger partial charge >= 0.3 is 12.1 Å². The number of rotatable bonds is 6. The second-order valence-corrected chi connectivity index (χ2v) is 4.25. The van der Waals surface area contributed by atoms with Crippen LogP contribution in [0, 0.1) is 0 Å². The summed E-state index contributed by atoms with van der Waals surface area (Å²) in [7, 11) is 0. The van der Waals surface area contributed by atoms with Crippen molar-refractivity contribution in [3.05, 3.63) is 54.2 Å². The number of carbonyl (C=O) groups excluding carboxylic acids is 1. The van der Waals surface area contributed by atoms with E-state index >= 15 is 0 Å². The van der Waals surface area contributed by atoms with Gasteiger partial charge in [0.15, 0.2) is 5.82 Å². The molecule has 0 unspecified atom stereocenters. The van der Waals surface area contributed by atoms with Gasteiger partial charge < -0.3 is 9.84 Å². The van der Waals surface area contributed by atoms with Gasteiger partial charge in [-0.1, -0.05) is 48.2 Å². The van der Waals surface area contributed by atoms with E-state index in [1.165, 1.54) is 10.8 Å². The van der Waals surface area contributed by atoms with Gasteiger partial charge in [-0.25, -0.2) is 14.3 Å². The normalized spacial score (nSPS) is 10.0. The van der Waals surface area contributed by atoms with Crippen LogP contribution in [0.2, 0.25) is 0 Å². The van der Waals surface area contributed by atoms with Crippen LogP contribution in [0.1, 0.15) is 16.1 Å². The minimum Gasteiger partial charge on any atom is -0.476 e. The molecule has 0 radical (unpaired) electrons. The van der Waals surface area contributed by atoms with Crippen LogP contribution >= 0.6 is 0 Å². The highest BCUT2D eigenvalue weighted by Gasteiger charge is 2.21. The van der Waals surface area contributed by atoms with E-state index in [4.69, 9.17) is 9.84 Å². The molecule has 0 spiro atoms. The lowest BCUT2D eigenvalue weighted by molar-refractivity contribution is 0.0691. The van der Waals surface area contributed by atoms with E-state index in [0.29, 0.717) is 0 Å². The Morgan fingerprint density at radius 2 is 2.09 bits per heavy atom. The van der Waals surface area contributed by atoms with Gasteiger partial charge in [0.2, 0.25) is 5.69 Å². The number of nitrogens with zero attached hydrogens (tertiary/aromatic N) is 3. The first-order chi connectivity index (χ1) is 10.6. The van der Waals surface area contributed by atoms with Crippen molar-refractivity contribution in [2.45, 2.75) is 6.54 Å². The molecule has 2 N–H and O–H groups in total. The Balaban J connectivity index is 2.24. The number of carboxylic acids is 1. The molecule has 0 saturated carbocycles. The van der Waals surface area contributed by atoms with Gasteiger partial charge in [0.1, 0.15) is 6.61 Å². The summed E-state index contributed by atoms with van der Waals surface area (Å²) in [4.78, 5) is 22.8. The molecule has 1 aromatic carbocycles. The topological polar surface area (TPSA) is 106 Å². The van der Waals surface area contributed by atoms with Crippen molar-refractivity contribution in [2.24, 2.45) is 0 Å². The van der Waals surface area contributed by atoms with Gasteiger partial charge in [0.25, 0.3) is 0 Å². The molecule has 0 aliphatic heterocycles. The molecule has 8 heteroatoms.